The number of rotatable bonds is 5. The molecule has 0 aliphatic carbocycles. The Morgan fingerprint density at radius 3 is 2.47 bits per heavy atom. The molecule has 0 aromatic heterocycles. The van der Waals surface area contributed by atoms with Gasteiger partial charge in [-0.1, -0.05) is 78.9 Å². The Morgan fingerprint density at radius 1 is 1.00 bits per heavy atom. The molecular formula is C26H25N5O. The molecule has 32 heavy (non-hydrogen) atoms. The number of nitrogens with zero attached hydrogens (tertiary/aromatic N) is 3. The number of benzene rings is 3. The van der Waals surface area contributed by atoms with E-state index in [1.165, 1.54) is 0 Å². The van der Waals surface area contributed by atoms with E-state index < -0.39 is 12.2 Å². The number of fused-ring (bicyclic) bond motifs is 3. The molecule has 6 nitrogen and oxygen atoms in total. The van der Waals surface area contributed by atoms with E-state index in [1.54, 1.807) is 0 Å². The summed E-state index contributed by atoms with van der Waals surface area (Å²) in [4.78, 5) is 24.9. The molecule has 0 saturated heterocycles. The maximum atomic E-state index is 13.1. The minimum atomic E-state index is -0.672. The Balaban J connectivity index is 1.49. The normalized spacial score (nSPS) is 18.0. The van der Waals surface area contributed by atoms with Crippen molar-refractivity contribution in [3.05, 3.63) is 102 Å². The van der Waals surface area contributed by atoms with Gasteiger partial charge in [-0.3, -0.25) is 14.8 Å². The van der Waals surface area contributed by atoms with Crippen LogP contribution in [0.15, 0.2) is 94.9 Å². The summed E-state index contributed by atoms with van der Waals surface area (Å²) >= 11 is 0. The predicted octanol–water partition coefficient (Wildman–Crippen LogP) is 2.77. The lowest BCUT2D eigenvalue weighted by molar-refractivity contribution is -0.122. The molecule has 1 amide bonds. The monoisotopic (exact) mass is 423 g/mol. The second-order valence-corrected chi connectivity index (χ2v) is 7.96. The van der Waals surface area contributed by atoms with Crippen molar-refractivity contribution in [1.29, 1.82) is 0 Å². The van der Waals surface area contributed by atoms with Gasteiger partial charge in [0.15, 0.2) is 6.17 Å². The van der Waals surface area contributed by atoms with E-state index in [0.717, 1.165) is 40.5 Å². The maximum Gasteiger partial charge on any atom is 0.239 e. The molecule has 6 heteroatoms. The highest BCUT2D eigenvalue weighted by molar-refractivity contribution is 6.21. The zero-order valence-electron chi connectivity index (χ0n) is 17.7. The second kappa shape index (κ2) is 8.77. The van der Waals surface area contributed by atoms with Crippen LogP contribution in [0.25, 0.3) is 0 Å². The van der Waals surface area contributed by atoms with Gasteiger partial charge >= 0.3 is 0 Å². The van der Waals surface area contributed by atoms with E-state index in [-0.39, 0.29) is 5.91 Å². The first kappa shape index (κ1) is 20.2. The summed E-state index contributed by atoms with van der Waals surface area (Å²) < 4.78 is 0. The summed E-state index contributed by atoms with van der Waals surface area (Å²) in [7, 11) is 0. The van der Waals surface area contributed by atoms with E-state index >= 15 is 0 Å². The lowest BCUT2D eigenvalue weighted by Gasteiger charge is -2.24. The number of anilines is 1. The van der Waals surface area contributed by atoms with Crippen molar-refractivity contribution in [3.63, 3.8) is 0 Å². The van der Waals surface area contributed by atoms with Crippen LogP contribution in [0.5, 0.6) is 0 Å². The average Bonchev–Trinajstić information content (AvgIpc) is 3.28. The fourth-order valence-electron chi connectivity index (χ4n) is 4.23. The molecule has 3 aromatic rings. The topological polar surface area (TPSA) is 83.1 Å². The number of carbonyl (C=O) groups is 1. The summed E-state index contributed by atoms with van der Waals surface area (Å²) in [5, 5.41) is 3.06. The highest BCUT2D eigenvalue weighted by Gasteiger charge is 2.34. The number of hydrogen-bond acceptors (Lipinski definition) is 5. The third kappa shape index (κ3) is 3.92. The molecule has 3 aromatic carbocycles. The fraction of sp³-hybridized carbons (Fsp3) is 0.192. The average molecular weight is 424 g/mol. The quantitative estimate of drug-likeness (QED) is 0.662. The molecule has 160 valence electrons. The van der Waals surface area contributed by atoms with Crippen molar-refractivity contribution in [3.8, 4) is 0 Å². The van der Waals surface area contributed by atoms with Crippen molar-refractivity contribution in [2.45, 2.75) is 18.6 Å². The number of amides is 1. The van der Waals surface area contributed by atoms with Gasteiger partial charge in [-0.25, -0.2) is 0 Å². The Labute approximate surface area is 187 Å². The smallest absolute Gasteiger partial charge is 0.239 e. The number of para-hydroxylation sites is 1. The second-order valence-electron chi connectivity index (χ2n) is 7.96. The van der Waals surface area contributed by atoms with Gasteiger partial charge in [-0.05, 0) is 18.1 Å². The minimum absolute atomic E-state index is 0.240. The summed E-state index contributed by atoms with van der Waals surface area (Å²) in [6.45, 7) is 1.43. The Morgan fingerprint density at radius 2 is 1.69 bits per heavy atom. The third-order valence-electron chi connectivity index (χ3n) is 5.79. The first-order valence-electron chi connectivity index (χ1n) is 10.8. The predicted molar refractivity (Wildman–Crippen MR) is 128 cm³/mol. The van der Waals surface area contributed by atoms with Crippen molar-refractivity contribution >= 4 is 23.1 Å². The highest BCUT2D eigenvalue weighted by Crippen LogP contribution is 2.30. The molecule has 2 aliphatic heterocycles. The van der Waals surface area contributed by atoms with Gasteiger partial charge in [0.25, 0.3) is 0 Å². The summed E-state index contributed by atoms with van der Waals surface area (Å²) in [6, 6.07) is 27.4. The van der Waals surface area contributed by atoms with Crippen LogP contribution >= 0.6 is 0 Å². The number of amidine groups is 1. The van der Waals surface area contributed by atoms with Crippen LogP contribution in [0.3, 0.4) is 0 Å². The van der Waals surface area contributed by atoms with E-state index in [0.29, 0.717) is 13.0 Å². The van der Waals surface area contributed by atoms with Crippen molar-refractivity contribution in [1.82, 2.24) is 5.32 Å². The van der Waals surface area contributed by atoms with Crippen LogP contribution in [0, 0.1) is 0 Å². The number of aliphatic imine (C=N–C) groups is 2. The number of hydrogen-bond donors (Lipinski definition) is 2. The molecule has 5 rings (SSSR count). The van der Waals surface area contributed by atoms with Crippen LogP contribution < -0.4 is 16.0 Å². The molecule has 2 atom stereocenters. The van der Waals surface area contributed by atoms with Crippen LogP contribution in [-0.4, -0.2) is 42.8 Å². The van der Waals surface area contributed by atoms with Gasteiger partial charge in [-0.15, -0.1) is 0 Å². The van der Waals surface area contributed by atoms with E-state index in [2.05, 4.69) is 22.3 Å². The molecule has 0 spiro atoms. The molecule has 2 heterocycles. The fourth-order valence-corrected chi connectivity index (χ4v) is 4.23. The lowest BCUT2D eigenvalue weighted by atomic mass is 10.0. The van der Waals surface area contributed by atoms with E-state index in [9.17, 15) is 4.79 Å². The van der Waals surface area contributed by atoms with Gasteiger partial charge in [-0.2, -0.15) is 0 Å². The molecule has 0 saturated carbocycles. The molecule has 0 radical (unpaired) electrons. The molecule has 0 bridgehead atoms. The van der Waals surface area contributed by atoms with Gasteiger partial charge < -0.3 is 16.0 Å². The van der Waals surface area contributed by atoms with E-state index in [4.69, 9.17) is 15.7 Å². The molecule has 2 aliphatic rings. The molecule has 0 unspecified atom stereocenters. The van der Waals surface area contributed by atoms with Gasteiger partial charge in [0, 0.05) is 17.7 Å². The highest BCUT2D eigenvalue weighted by atomic mass is 16.2. The first-order valence-corrected chi connectivity index (χ1v) is 10.8. The van der Waals surface area contributed by atoms with Crippen LogP contribution in [-0.2, 0) is 11.2 Å². The SMILES string of the molecule is N[C@@H](Cc1ccccc1)C(=O)N[C@H]1N=C(c2ccccc2)c2ccccc2N2CCN=C12. The number of nitrogens with one attached hydrogen (secondary N) is 1. The van der Waals surface area contributed by atoms with Crippen LogP contribution in [0.2, 0.25) is 0 Å². The third-order valence-corrected chi connectivity index (χ3v) is 5.79. The Bertz CT molecular complexity index is 1170. The lowest BCUT2D eigenvalue weighted by Crippen LogP contribution is -2.51. The van der Waals surface area contributed by atoms with Crippen molar-refractivity contribution in [2.24, 2.45) is 15.7 Å². The molecule has 3 N–H and O–H groups in total. The van der Waals surface area contributed by atoms with Crippen LogP contribution in [0.1, 0.15) is 16.7 Å². The molecule has 0 fully saturated rings. The Kier molecular flexibility index (Phi) is 5.52. The maximum absolute atomic E-state index is 13.1. The standard InChI is InChI=1S/C26H25N5O/c27-21(17-18-9-3-1-4-10-18)26(32)30-24-25-28-15-16-31(25)22-14-8-7-13-20(22)23(29-24)19-11-5-2-6-12-19/h1-14,21,24H,15-17,27H2,(H,30,32)/t21-,24+/m0/s1. The number of nitrogens with two attached hydrogens (primary N) is 1. The Hall–Kier alpha value is -3.77. The van der Waals surface area contributed by atoms with Gasteiger partial charge in [0.1, 0.15) is 5.84 Å². The zero-order valence-corrected chi connectivity index (χ0v) is 17.7. The summed E-state index contributed by atoms with van der Waals surface area (Å²) in [5.74, 6) is 0.513. The largest absolute Gasteiger partial charge is 0.327 e. The van der Waals surface area contributed by atoms with Crippen LogP contribution in [0.4, 0.5) is 5.69 Å². The first-order chi connectivity index (χ1) is 15.7. The zero-order chi connectivity index (χ0) is 21.9. The van der Waals surface area contributed by atoms with Crippen molar-refractivity contribution in [2.75, 3.05) is 18.0 Å². The minimum Gasteiger partial charge on any atom is -0.327 e. The van der Waals surface area contributed by atoms with Gasteiger partial charge in [0.05, 0.1) is 24.0 Å². The molecular weight excluding hydrogens is 398 g/mol. The summed E-state index contributed by atoms with van der Waals surface area (Å²) in [5.41, 5.74) is 11.2. The van der Waals surface area contributed by atoms with Gasteiger partial charge in [0.2, 0.25) is 5.91 Å². The van der Waals surface area contributed by atoms with Crippen molar-refractivity contribution < 1.29 is 4.79 Å². The number of carbonyl (C=O) groups excluding carboxylic acids is 1. The summed E-state index contributed by atoms with van der Waals surface area (Å²) in [6.07, 6.45) is -0.139. The van der Waals surface area contributed by atoms with E-state index in [1.807, 2.05) is 72.8 Å².